The number of aliphatic hydroxyl groups is 3. The van der Waals surface area contributed by atoms with Gasteiger partial charge in [-0.25, -0.2) is 8.78 Å². The number of fused-ring (bicyclic) bond motifs is 2. The Morgan fingerprint density at radius 1 is 0.812 bits per heavy atom. The SMILES string of the molecule is C=CCOc1ccccc1OCC(O)CNC(C)C.OC(CNCC(O)C1CCc2cc(F)ccc2O1)C1CCc2cc(F)ccc2O1. The lowest BCUT2D eigenvalue weighted by Gasteiger charge is -2.31. The van der Waals surface area contributed by atoms with Crippen LogP contribution in [0, 0.1) is 11.6 Å². The first-order valence-electron chi connectivity index (χ1n) is 16.5. The van der Waals surface area contributed by atoms with E-state index < -0.39 is 18.3 Å². The van der Waals surface area contributed by atoms with Crippen LogP contribution in [0.5, 0.6) is 23.0 Å². The van der Waals surface area contributed by atoms with Gasteiger partial charge >= 0.3 is 0 Å². The highest BCUT2D eigenvalue weighted by atomic mass is 19.1. The molecule has 48 heavy (non-hydrogen) atoms. The van der Waals surface area contributed by atoms with Crippen molar-refractivity contribution in [1.29, 1.82) is 0 Å². The van der Waals surface area contributed by atoms with Gasteiger partial charge in [0.15, 0.2) is 11.5 Å². The van der Waals surface area contributed by atoms with Gasteiger partial charge in [0, 0.05) is 25.7 Å². The predicted octanol–water partition coefficient (Wildman–Crippen LogP) is 4.35. The van der Waals surface area contributed by atoms with Crippen LogP contribution in [0.3, 0.4) is 0 Å². The first-order chi connectivity index (χ1) is 23.1. The summed E-state index contributed by atoms with van der Waals surface area (Å²) in [6.07, 6.45) is 1.35. The minimum Gasteiger partial charge on any atom is -0.487 e. The van der Waals surface area contributed by atoms with E-state index in [1.165, 1.54) is 24.3 Å². The third-order valence-corrected chi connectivity index (χ3v) is 7.96. The van der Waals surface area contributed by atoms with Crippen molar-refractivity contribution < 1.29 is 43.0 Å². The van der Waals surface area contributed by atoms with E-state index in [1.54, 1.807) is 18.2 Å². The molecule has 3 aromatic carbocycles. The number of aliphatic hydroxyl groups excluding tert-OH is 3. The molecule has 5 N–H and O–H groups in total. The number of halogens is 2. The number of hydrogen-bond donors (Lipinski definition) is 5. The van der Waals surface area contributed by atoms with Crippen LogP contribution in [0.1, 0.15) is 37.8 Å². The van der Waals surface area contributed by atoms with Gasteiger partial charge in [-0.05, 0) is 85.3 Å². The van der Waals surface area contributed by atoms with E-state index in [4.69, 9.17) is 18.9 Å². The fraction of sp³-hybridized carbons (Fsp3) is 0.459. The Kier molecular flexibility index (Phi) is 14.5. The number of para-hydroxylation sites is 2. The standard InChI is InChI=1S/C22H25F2NO4.C15H23NO3/c23-15-3-7-19-13(9-15)1-5-21(28-19)17(26)11-25-12-18(27)22-6-2-14-10-16(24)4-8-20(14)29-22;1-4-9-18-14-7-5-6-8-15(14)19-11-13(17)10-16-12(2)3/h3-4,7-10,17-18,21-22,25-27H,1-2,5-6,11-12H2;4-8,12-13,16-17H,1,9-11H2,2-3H3. The van der Waals surface area contributed by atoms with Gasteiger partial charge in [-0.3, -0.25) is 0 Å². The van der Waals surface area contributed by atoms with Crippen LogP contribution in [0.2, 0.25) is 0 Å². The summed E-state index contributed by atoms with van der Waals surface area (Å²) < 4.78 is 49.2. The van der Waals surface area contributed by atoms with Crippen molar-refractivity contribution >= 4 is 0 Å². The molecule has 0 amide bonds. The lowest BCUT2D eigenvalue weighted by molar-refractivity contribution is 0.00892. The Hall–Kier alpha value is -3.74. The summed E-state index contributed by atoms with van der Waals surface area (Å²) in [6, 6.07) is 16.5. The van der Waals surface area contributed by atoms with Crippen LogP contribution in [-0.4, -0.2) is 84.7 Å². The summed E-state index contributed by atoms with van der Waals surface area (Å²) in [5.41, 5.74) is 1.62. The summed E-state index contributed by atoms with van der Waals surface area (Å²) >= 11 is 0. The maximum absolute atomic E-state index is 13.3. The van der Waals surface area contributed by atoms with Gasteiger partial charge < -0.3 is 44.9 Å². The average molecular weight is 671 g/mol. The Morgan fingerprint density at radius 2 is 1.33 bits per heavy atom. The normalized spacial score (nSPS) is 18.5. The number of aryl methyl sites for hydroxylation is 2. The summed E-state index contributed by atoms with van der Waals surface area (Å²) in [6.45, 7) is 9.35. The van der Waals surface area contributed by atoms with Crippen LogP contribution in [-0.2, 0) is 12.8 Å². The number of ether oxygens (including phenoxy) is 4. The van der Waals surface area contributed by atoms with Crippen molar-refractivity contribution in [3.05, 3.63) is 96.1 Å². The quantitative estimate of drug-likeness (QED) is 0.150. The molecule has 0 saturated heterocycles. The molecule has 11 heteroatoms. The first-order valence-corrected chi connectivity index (χ1v) is 16.5. The molecule has 0 radical (unpaired) electrons. The third kappa shape index (κ3) is 11.5. The Balaban J connectivity index is 0.000000239. The molecule has 5 rings (SSSR count). The molecule has 262 valence electrons. The third-order valence-electron chi connectivity index (χ3n) is 7.96. The molecule has 2 aliphatic heterocycles. The van der Waals surface area contributed by atoms with Crippen LogP contribution < -0.4 is 29.6 Å². The molecule has 9 nitrogen and oxygen atoms in total. The first kappa shape index (κ1) is 37.1. The van der Waals surface area contributed by atoms with Gasteiger partial charge in [0.1, 0.15) is 66.9 Å². The summed E-state index contributed by atoms with van der Waals surface area (Å²) in [5.74, 6) is 1.92. The van der Waals surface area contributed by atoms with Gasteiger partial charge in [-0.15, -0.1) is 0 Å². The van der Waals surface area contributed by atoms with Crippen molar-refractivity contribution in [1.82, 2.24) is 10.6 Å². The van der Waals surface area contributed by atoms with E-state index in [0.29, 0.717) is 67.9 Å². The van der Waals surface area contributed by atoms with Gasteiger partial charge in [0.25, 0.3) is 0 Å². The maximum atomic E-state index is 13.3. The second-order valence-corrected chi connectivity index (χ2v) is 12.3. The highest BCUT2D eigenvalue weighted by Gasteiger charge is 2.29. The molecule has 5 atom stereocenters. The van der Waals surface area contributed by atoms with E-state index in [0.717, 1.165) is 11.1 Å². The number of rotatable bonds is 15. The van der Waals surface area contributed by atoms with Crippen LogP contribution in [0.4, 0.5) is 8.78 Å². The number of nitrogens with one attached hydrogen (secondary N) is 2. The lowest BCUT2D eigenvalue weighted by Crippen LogP contribution is -2.46. The minimum atomic E-state index is -0.753. The molecular formula is C37H48F2N2O7. The van der Waals surface area contributed by atoms with E-state index in [1.807, 2.05) is 38.1 Å². The fourth-order valence-corrected chi connectivity index (χ4v) is 5.39. The van der Waals surface area contributed by atoms with E-state index in [-0.39, 0.29) is 43.5 Å². The Labute approximate surface area is 281 Å². The van der Waals surface area contributed by atoms with E-state index in [2.05, 4.69) is 17.2 Å². The molecular weight excluding hydrogens is 622 g/mol. The molecule has 3 aromatic rings. The molecule has 0 saturated carbocycles. The monoisotopic (exact) mass is 670 g/mol. The summed E-state index contributed by atoms with van der Waals surface area (Å²) in [7, 11) is 0. The largest absolute Gasteiger partial charge is 0.487 e. The maximum Gasteiger partial charge on any atom is 0.161 e. The zero-order valence-corrected chi connectivity index (χ0v) is 27.6. The molecule has 0 spiro atoms. The zero-order valence-electron chi connectivity index (χ0n) is 27.6. The fourth-order valence-electron chi connectivity index (χ4n) is 5.39. The number of benzene rings is 3. The second-order valence-electron chi connectivity index (χ2n) is 12.3. The smallest absolute Gasteiger partial charge is 0.161 e. The van der Waals surface area contributed by atoms with Crippen molar-refractivity contribution in [2.75, 3.05) is 32.8 Å². The highest BCUT2D eigenvalue weighted by Crippen LogP contribution is 2.31. The van der Waals surface area contributed by atoms with Gasteiger partial charge in [0.05, 0.1) is 0 Å². The van der Waals surface area contributed by atoms with Crippen LogP contribution in [0.25, 0.3) is 0 Å². The van der Waals surface area contributed by atoms with Gasteiger partial charge in [-0.2, -0.15) is 0 Å². The molecule has 0 aromatic heterocycles. The molecule has 0 fully saturated rings. The average Bonchev–Trinajstić information content (AvgIpc) is 3.08. The summed E-state index contributed by atoms with van der Waals surface area (Å²) in [4.78, 5) is 0. The van der Waals surface area contributed by atoms with Gasteiger partial charge in [0.2, 0.25) is 0 Å². The van der Waals surface area contributed by atoms with Crippen molar-refractivity contribution in [3.63, 3.8) is 0 Å². The lowest BCUT2D eigenvalue weighted by atomic mass is 9.98. The van der Waals surface area contributed by atoms with Crippen LogP contribution >= 0.6 is 0 Å². The van der Waals surface area contributed by atoms with Crippen LogP contribution in [0.15, 0.2) is 73.3 Å². The van der Waals surface area contributed by atoms with Crippen molar-refractivity contribution in [3.8, 4) is 23.0 Å². The van der Waals surface area contributed by atoms with Crippen molar-refractivity contribution in [2.45, 2.75) is 76.1 Å². The highest BCUT2D eigenvalue weighted by molar-refractivity contribution is 5.40. The molecule has 5 unspecified atom stereocenters. The second kappa shape index (κ2) is 18.7. The molecule has 2 aliphatic rings. The molecule has 0 aliphatic carbocycles. The predicted molar refractivity (Wildman–Crippen MR) is 180 cm³/mol. The Morgan fingerprint density at radius 3 is 1.83 bits per heavy atom. The minimum absolute atomic E-state index is 0.230. The van der Waals surface area contributed by atoms with Crippen molar-refractivity contribution in [2.24, 2.45) is 0 Å². The number of hydrogen-bond acceptors (Lipinski definition) is 9. The van der Waals surface area contributed by atoms with E-state index in [9.17, 15) is 24.1 Å². The summed E-state index contributed by atoms with van der Waals surface area (Å²) in [5, 5.41) is 36.9. The topological polar surface area (TPSA) is 122 Å². The van der Waals surface area contributed by atoms with E-state index >= 15 is 0 Å². The Bertz CT molecular complexity index is 1370. The molecule has 0 bridgehead atoms. The van der Waals surface area contributed by atoms with Gasteiger partial charge in [-0.1, -0.05) is 38.6 Å². The molecule has 2 heterocycles. The zero-order chi connectivity index (χ0) is 34.5.